The summed E-state index contributed by atoms with van der Waals surface area (Å²) in [5, 5.41) is 7.00. The Labute approximate surface area is 174 Å². The Morgan fingerprint density at radius 2 is 1.60 bits per heavy atom. The smallest absolute Gasteiger partial charge is 0.255 e. The van der Waals surface area contributed by atoms with E-state index in [4.69, 9.17) is 0 Å². The number of rotatable bonds is 6. The molecule has 7 heteroatoms. The molecular weight excluding hydrogens is 398 g/mol. The van der Waals surface area contributed by atoms with Crippen LogP contribution in [-0.4, -0.2) is 24.1 Å². The van der Waals surface area contributed by atoms with Gasteiger partial charge in [-0.2, -0.15) is 5.10 Å². The predicted molar refractivity (Wildman–Crippen MR) is 115 cm³/mol. The van der Waals surface area contributed by atoms with Crippen LogP contribution < -0.4 is 5.32 Å². The van der Waals surface area contributed by atoms with E-state index >= 15 is 0 Å². The van der Waals surface area contributed by atoms with Crippen molar-refractivity contribution in [2.45, 2.75) is 10.6 Å². The molecule has 3 aromatic carbocycles. The lowest BCUT2D eigenvalue weighted by Gasteiger charge is -2.07. The highest BCUT2D eigenvalue weighted by atomic mass is 32.2. The quantitative estimate of drug-likeness (QED) is 0.512. The standard InChI is InChI=1S/C23H19N3O3S/c27-23(25-20-15-24-26(16-20)21-11-5-2-6-12-21)19-10-7-13-22(14-19)30(28,29)17-18-8-3-1-4-9-18/h1-16H,17H2,(H,25,27). The number of anilines is 1. The molecule has 0 bridgehead atoms. The summed E-state index contributed by atoms with van der Waals surface area (Å²) in [6.45, 7) is 0. The molecule has 0 spiro atoms. The number of nitrogens with one attached hydrogen (secondary N) is 1. The van der Waals surface area contributed by atoms with Gasteiger partial charge in [-0.25, -0.2) is 13.1 Å². The number of carbonyl (C=O) groups is 1. The van der Waals surface area contributed by atoms with Crippen LogP contribution in [0.25, 0.3) is 5.69 Å². The predicted octanol–water partition coefficient (Wildman–Crippen LogP) is 4.10. The summed E-state index contributed by atoms with van der Waals surface area (Å²) in [4.78, 5) is 12.8. The van der Waals surface area contributed by atoms with Crippen molar-refractivity contribution >= 4 is 21.4 Å². The van der Waals surface area contributed by atoms with Gasteiger partial charge in [0.05, 0.1) is 34.4 Å². The van der Waals surface area contributed by atoms with E-state index in [1.807, 2.05) is 36.4 Å². The molecule has 0 aliphatic carbocycles. The number of nitrogens with zero attached hydrogens (tertiary/aromatic N) is 2. The summed E-state index contributed by atoms with van der Waals surface area (Å²) in [5.74, 6) is -0.526. The van der Waals surface area contributed by atoms with Gasteiger partial charge in [0.15, 0.2) is 9.84 Å². The molecule has 30 heavy (non-hydrogen) atoms. The Hall–Kier alpha value is -3.71. The normalized spacial score (nSPS) is 11.2. The van der Waals surface area contributed by atoms with Crippen LogP contribution in [0, 0.1) is 0 Å². The Balaban J connectivity index is 1.51. The number of para-hydroxylation sites is 1. The van der Waals surface area contributed by atoms with E-state index in [9.17, 15) is 13.2 Å². The van der Waals surface area contributed by atoms with Crippen LogP contribution in [0.2, 0.25) is 0 Å². The van der Waals surface area contributed by atoms with Crippen LogP contribution in [0.4, 0.5) is 5.69 Å². The molecule has 0 unspecified atom stereocenters. The number of amides is 1. The van der Waals surface area contributed by atoms with Crippen molar-refractivity contribution in [3.8, 4) is 5.69 Å². The maximum absolute atomic E-state index is 12.7. The minimum absolute atomic E-state index is 0.110. The van der Waals surface area contributed by atoms with E-state index in [1.54, 1.807) is 53.5 Å². The molecule has 1 aromatic heterocycles. The summed E-state index contributed by atoms with van der Waals surface area (Å²) >= 11 is 0. The topological polar surface area (TPSA) is 81.1 Å². The summed E-state index contributed by atoms with van der Waals surface area (Å²) in [5.41, 5.74) is 2.34. The highest BCUT2D eigenvalue weighted by Crippen LogP contribution is 2.19. The lowest BCUT2D eigenvalue weighted by Crippen LogP contribution is -2.13. The van der Waals surface area contributed by atoms with Gasteiger partial charge in [0.25, 0.3) is 5.91 Å². The molecule has 4 rings (SSSR count). The highest BCUT2D eigenvalue weighted by molar-refractivity contribution is 7.90. The average Bonchev–Trinajstić information content (AvgIpc) is 3.23. The first-order chi connectivity index (χ1) is 14.5. The van der Waals surface area contributed by atoms with Crippen molar-refractivity contribution in [3.05, 3.63) is 108 Å². The number of benzene rings is 3. The maximum Gasteiger partial charge on any atom is 0.255 e. The Kier molecular flexibility index (Phi) is 5.45. The van der Waals surface area contributed by atoms with Gasteiger partial charge < -0.3 is 5.32 Å². The van der Waals surface area contributed by atoms with Crippen LogP contribution in [0.3, 0.4) is 0 Å². The zero-order chi connectivity index (χ0) is 21.0. The Bertz CT molecular complexity index is 1270. The van der Waals surface area contributed by atoms with Crippen LogP contribution in [0.5, 0.6) is 0 Å². The van der Waals surface area contributed by atoms with Gasteiger partial charge in [-0.15, -0.1) is 0 Å². The van der Waals surface area contributed by atoms with E-state index in [1.165, 1.54) is 12.1 Å². The van der Waals surface area contributed by atoms with Crippen molar-refractivity contribution in [2.75, 3.05) is 5.32 Å². The van der Waals surface area contributed by atoms with Crippen LogP contribution in [0.15, 0.2) is 102 Å². The minimum atomic E-state index is -3.57. The Morgan fingerprint density at radius 1 is 0.900 bits per heavy atom. The van der Waals surface area contributed by atoms with E-state index in [-0.39, 0.29) is 16.2 Å². The Morgan fingerprint density at radius 3 is 2.33 bits per heavy atom. The maximum atomic E-state index is 12.7. The van der Waals surface area contributed by atoms with Gasteiger partial charge >= 0.3 is 0 Å². The molecule has 1 N–H and O–H groups in total. The number of carbonyl (C=O) groups excluding carboxylic acids is 1. The van der Waals surface area contributed by atoms with Gasteiger partial charge in [0.2, 0.25) is 0 Å². The number of sulfone groups is 1. The van der Waals surface area contributed by atoms with Gasteiger partial charge in [0, 0.05) is 5.56 Å². The fourth-order valence-electron chi connectivity index (χ4n) is 3.02. The third kappa shape index (κ3) is 4.47. The monoisotopic (exact) mass is 417 g/mol. The van der Waals surface area contributed by atoms with Crippen LogP contribution in [0.1, 0.15) is 15.9 Å². The number of aromatic nitrogens is 2. The largest absolute Gasteiger partial charge is 0.319 e. The molecule has 0 fully saturated rings. The molecule has 0 aliphatic rings. The van der Waals surface area contributed by atoms with E-state index < -0.39 is 15.7 Å². The van der Waals surface area contributed by atoms with E-state index in [0.717, 1.165) is 5.69 Å². The number of hydrogen-bond acceptors (Lipinski definition) is 4. The third-order valence-electron chi connectivity index (χ3n) is 4.52. The zero-order valence-electron chi connectivity index (χ0n) is 16.0. The fraction of sp³-hybridized carbons (Fsp3) is 0.0435. The van der Waals surface area contributed by atoms with Gasteiger partial charge in [-0.05, 0) is 35.9 Å². The first kappa shape index (κ1) is 19.6. The molecule has 1 amide bonds. The first-order valence-corrected chi connectivity index (χ1v) is 10.9. The second-order valence-electron chi connectivity index (χ2n) is 6.74. The summed E-state index contributed by atoms with van der Waals surface area (Å²) < 4.78 is 27.1. The van der Waals surface area contributed by atoms with Crippen LogP contribution in [-0.2, 0) is 15.6 Å². The van der Waals surface area contributed by atoms with Crippen molar-refractivity contribution in [2.24, 2.45) is 0 Å². The van der Waals surface area contributed by atoms with Gasteiger partial charge in [0.1, 0.15) is 0 Å². The molecule has 0 aliphatic heterocycles. The molecule has 4 aromatic rings. The minimum Gasteiger partial charge on any atom is -0.319 e. The van der Waals surface area contributed by atoms with Gasteiger partial charge in [-0.3, -0.25) is 4.79 Å². The third-order valence-corrected chi connectivity index (χ3v) is 6.20. The lowest BCUT2D eigenvalue weighted by atomic mass is 10.2. The van der Waals surface area contributed by atoms with E-state index in [2.05, 4.69) is 10.4 Å². The van der Waals surface area contributed by atoms with Crippen LogP contribution >= 0.6 is 0 Å². The number of hydrogen-bond donors (Lipinski definition) is 1. The lowest BCUT2D eigenvalue weighted by molar-refractivity contribution is 0.102. The van der Waals surface area contributed by atoms with Crippen molar-refractivity contribution in [1.29, 1.82) is 0 Å². The molecule has 150 valence electrons. The molecule has 0 radical (unpaired) electrons. The zero-order valence-corrected chi connectivity index (χ0v) is 16.8. The second kappa shape index (κ2) is 8.34. The fourth-order valence-corrected chi connectivity index (χ4v) is 4.41. The SMILES string of the molecule is O=C(Nc1cnn(-c2ccccc2)c1)c1cccc(S(=O)(=O)Cc2ccccc2)c1. The second-order valence-corrected chi connectivity index (χ2v) is 8.73. The molecule has 0 atom stereocenters. The molecule has 0 saturated heterocycles. The summed E-state index contributed by atoms with van der Waals surface area (Å²) in [6.07, 6.45) is 3.24. The van der Waals surface area contributed by atoms with E-state index in [0.29, 0.717) is 11.3 Å². The summed E-state index contributed by atoms with van der Waals surface area (Å²) in [6, 6.07) is 24.5. The van der Waals surface area contributed by atoms with Crippen molar-refractivity contribution in [1.82, 2.24) is 9.78 Å². The highest BCUT2D eigenvalue weighted by Gasteiger charge is 2.17. The van der Waals surface area contributed by atoms with Crippen molar-refractivity contribution in [3.63, 3.8) is 0 Å². The molecular formula is C23H19N3O3S. The molecule has 0 saturated carbocycles. The van der Waals surface area contributed by atoms with Crippen molar-refractivity contribution < 1.29 is 13.2 Å². The molecule has 6 nitrogen and oxygen atoms in total. The summed E-state index contributed by atoms with van der Waals surface area (Å²) in [7, 11) is -3.57. The average molecular weight is 417 g/mol. The molecule has 1 heterocycles. The first-order valence-electron chi connectivity index (χ1n) is 9.29. The van der Waals surface area contributed by atoms with Gasteiger partial charge in [-0.1, -0.05) is 54.6 Å².